The van der Waals surface area contributed by atoms with Crippen LogP contribution in [-0.4, -0.2) is 21.7 Å². The molecule has 0 aliphatic rings. The topological polar surface area (TPSA) is 79.2 Å². The van der Waals surface area contributed by atoms with Crippen LogP contribution in [0.15, 0.2) is 65.5 Å². The Morgan fingerprint density at radius 3 is 2.00 bits per heavy atom. The highest BCUT2D eigenvalue weighted by molar-refractivity contribution is 7.71. The number of hydrogen-bond donors (Lipinski definition) is 1. The van der Waals surface area contributed by atoms with Crippen LogP contribution in [0.1, 0.15) is 17.3 Å². The van der Waals surface area contributed by atoms with E-state index < -0.39 is 11.5 Å². The van der Waals surface area contributed by atoms with E-state index in [0.29, 0.717) is 11.4 Å². The summed E-state index contributed by atoms with van der Waals surface area (Å²) in [5.41, 5.74) is 6.51. The van der Waals surface area contributed by atoms with Crippen molar-refractivity contribution in [2.75, 3.05) is 12.3 Å². The molecule has 3 aromatic rings. The average molecular weight is 367 g/mol. The summed E-state index contributed by atoms with van der Waals surface area (Å²) in [5.74, 6) is -0.823. The highest BCUT2D eigenvalue weighted by Crippen LogP contribution is 2.19. The largest absolute Gasteiger partial charge is 0.462 e. The molecule has 0 amide bonds. The number of rotatable bonds is 4. The molecular weight excluding hydrogens is 350 g/mol. The molecule has 132 valence electrons. The number of nitrogens with two attached hydrogens (primary N) is 1. The minimum absolute atomic E-state index is 0.0446. The van der Waals surface area contributed by atoms with Crippen LogP contribution in [0.5, 0.6) is 0 Å². The van der Waals surface area contributed by atoms with Gasteiger partial charge in [-0.25, -0.2) is 4.79 Å². The first-order valence-corrected chi connectivity index (χ1v) is 8.42. The highest BCUT2D eigenvalue weighted by Gasteiger charge is 2.23. The second-order valence-electron chi connectivity index (χ2n) is 5.41. The van der Waals surface area contributed by atoms with E-state index in [0.717, 1.165) is 0 Å². The summed E-state index contributed by atoms with van der Waals surface area (Å²) in [6.07, 6.45) is 0. The van der Waals surface area contributed by atoms with Crippen LogP contribution in [-0.2, 0) is 4.74 Å². The fraction of sp³-hybridized carbons (Fsp3) is 0.105. The van der Waals surface area contributed by atoms with Gasteiger partial charge in [0, 0.05) is 5.69 Å². The van der Waals surface area contributed by atoms with Gasteiger partial charge in [0.25, 0.3) is 5.56 Å². The maximum Gasteiger partial charge on any atom is 0.347 e. The third-order valence-corrected chi connectivity index (χ3v) is 4.17. The SMILES string of the molecule is CCOC(=O)c1c(N)n(-c2ccccc2)c(=S)n(-c2ccccc2)c1=O. The van der Waals surface area contributed by atoms with E-state index in [1.807, 2.05) is 24.3 Å². The molecule has 0 aliphatic carbocycles. The van der Waals surface area contributed by atoms with Crippen LogP contribution in [0.2, 0.25) is 0 Å². The zero-order valence-electron chi connectivity index (χ0n) is 14.1. The molecule has 6 nitrogen and oxygen atoms in total. The van der Waals surface area contributed by atoms with Crippen molar-refractivity contribution < 1.29 is 9.53 Å². The van der Waals surface area contributed by atoms with Gasteiger partial charge >= 0.3 is 5.97 Å². The van der Waals surface area contributed by atoms with Gasteiger partial charge in [-0.05, 0) is 43.4 Å². The van der Waals surface area contributed by atoms with Crippen LogP contribution in [0, 0.1) is 4.77 Å². The van der Waals surface area contributed by atoms with E-state index in [4.69, 9.17) is 22.7 Å². The maximum absolute atomic E-state index is 13.0. The average Bonchev–Trinajstić information content (AvgIpc) is 2.63. The molecule has 1 heterocycles. The molecule has 26 heavy (non-hydrogen) atoms. The van der Waals surface area contributed by atoms with E-state index in [2.05, 4.69) is 0 Å². The van der Waals surface area contributed by atoms with Gasteiger partial charge in [-0.3, -0.25) is 13.9 Å². The number of nitrogens with zero attached hydrogens (tertiary/aromatic N) is 2. The fourth-order valence-electron chi connectivity index (χ4n) is 2.65. The Morgan fingerprint density at radius 1 is 1.00 bits per heavy atom. The highest BCUT2D eigenvalue weighted by atomic mass is 32.1. The summed E-state index contributed by atoms with van der Waals surface area (Å²) in [6, 6.07) is 17.9. The predicted molar refractivity (Wildman–Crippen MR) is 103 cm³/mol. The first-order chi connectivity index (χ1) is 12.6. The number of benzene rings is 2. The molecule has 0 unspecified atom stereocenters. The van der Waals surface area contributed by atoms with Crippen LogP contribution < -0.4 is 11.3 Å². The molecule has 0 aliphatic heterocycles. The number of aromatic nitrogens is 2. The van der Waals surface area contributed by atoms with Crippen molar-refractivity contribution in [2.45, 2.75) is 6.92 Å². The first kappa shape index (κ1) is 17.6. The van der Waals surface area contributed by atoms with Gasteiger partial charge in [0.2, 0.25) is 0 Å². The maximum atomic E-state index is 13.0. The third-order valence-electron chi connectivity index (χ3n) is 3.80. The lowest BCUT2D eigenvalue weighted by Gasteiger charge is -2.18. The summed E-state index contributed by atoms with van der Waals surface area (Å²) in [7, 11) is 0. The van der Waals surface area contributed by atoms with E-state index >= 15 is 0 Å². The molecule has 0 spiro atoms. The number of nitrogen functional groups attached to an aromatic ring is 1. The van der Waals surface area contributed by atoms with Crippen LogP contribution in [0.4, 0.5) is 5.82 Å². The van der Waals surface area contributed by atoms with Crippen molar-refractivity contribution in [1.29, 1.82) is 0 Å². The standard InChI is InChI=1S/C19H17N3O3S/c1-2-25-18(24)15-16(20)21(13-9-5-3-6-10-13)19(26)22(17(15)23)14-11-7-4-8-12-14/h3-12H,2,20H2,1H3. The number of carbonyl (C=O) groups excluding carboxylic acids is 1. The minimum atomic E-state index is -0.778. The minimum Gasteiger partial charge on any atom is -0.462 e. The number of esters is 1. The van der Waals surface area contributed by atoms with Crippen molar-refractivity contribution >= 4 is 24.0 Å². The van der Waals surface area contributed by atoms with Crippen molar-refractivity contribution in [3.63, 3.8) is 0 Å². The van der Waals surface area contributed by atoms with Crippen molar-refractivity contribution in [3.05, 3.63) is 81.4 Å². The van der Waals surface area contributed by atoms with Gasteiger partial charge in [-0.2, -0.15) is 0 Å². The van der Waals surface area contributed by atoms with Gasteiger partial charge in [-0.15, -0.1) is 0 Å². The summed E-state index contributed by atoms with van der Waals surface area (Å²) >= 11 is 5.54. The van der Waals surface area contributed by atoms with E-state index in [-0.39, 0.29) is 22.8 Å². The second kappa shape index (κ2) is 7.37. The van der Waals surface area contributed by atoms with Crippen LogP contribution in [0.25, 0.3) is 11.4 Å². The molecule has 1 aromatic heterocycles. The lowest BCUT2D eigenvalue weighted by molar-refractivity contribution is 0.0524. The lowest BCUT2D eigenvalue weighted by Crippen LogP contribution is -2.32. The zero-order chi connectivity index (χ0) is 18.7. The quantitative estimate of drug-likeness (QED) is 0.566. The number of anilines is 1. The van der Waals surface area contributed by atoms with Gasteiger partial charge in [0.05, 0.1) is 12.3 Å². The van der Waals surface area contributed by atoms with Crippen molar-refractivity contribution in [2.24, 2.45) is 0 Å². The Hall–Kier alpha value is -3.19. The van der Waals surface area contributed by atoms with E-state index in [1.165, 1.54) is 9.13 Å². The number of ether oxygens (including phenoxy) is 1. The molecule has 0 saturated carbocycles. The molecule has 3 rings (SSSR count). The predicted octanol–water partition coefficient (Wildman–Crippen LogP) is 3.12. The molecule has 0 bridgehead atoms. The monoisotopic (exact) mass is 367 g/mol. The molecule has 0 radical (unpaired) electrons. The third kappa shape index (κ3) is 3.04. The Bertz CT molecular complexity index is 1060. The van der Waals surface area contributed by atoms with E-state index in [1.54, 1.807) is 43.3 Å². The lowest BCUT2D eigenvalue weighted by atomic mass is 10.2. The van der Waals surface area contributed by atoms with Gasteiger partial charge in [0.15, 0.2) is 10.3 Å². The Balaban J connectivity index is 2.43. The molecule has 2 aromatic carbocycles. The number of hydrogen-bond acceptors (Lipinski definition) is 5. The molecule has 0 fully saturated rings. The van der Waals surface area contributed by atoms with Crippen LogP contribution >= 0.6 is 12.2 Å². The molecule has 0 saturated heterocycles. The van der Waals surface area contributed by atoms with Crippen molar-refractivity contribution in [3.8, 4) is 11.4 Å². The number of para-hydroxylation sites is 2. The van der Waals surface area contributed by atoms with Crippen molar-refractivity contribution in [1.82, 2.24) is 9.13 Å². The Labute approximate surface area is 155 Å². The van der Waals surface area contributed by atoms with Gasteiger partial charge in [0.1, 0.15) is 5.82 Å². The number of carbonyl (C=O) groups is 1. The summed E-state index contributed by atoms with van der Waals surface area (Å²) < 4.78 is 7.98. The first-order valence-electron chi connectivity index (χ1n) is 8.01. The smallest absolute Gasteiger partial charge is 0.347 e. The fourth-order valence-corrected chi connectivity index (χ4v) is 3.04. The second-order valence-corrected chi connectivity index (χ2v) is 5.78. The summed E-state index contributed by atoms with van der Waals surface area (Å²) in [4.78, 5) is 25.4. The molecular formula is C19H17N3O3S. The normalized spacial score (nSPS) is 10.5. The summed E-state index contributed by atoms with van der Waals surface area (Å²) in [5, 5.41) is 0. The van der Waals surface area contributed by atoms with E-state index in [9.17, 15) is 9.59 Å². The Kier molecular flexibility index (Phi) is 4.99. The molecule has 0 atom stereocenters. The van der Waals surface area contributed by atoms with Gasteiger partial charge < -0.3 is 10.5 Å². The zero-order valence-corrected chi connectivity index (χ0v) is 14.9. The summed E-state index contributed by atoms with van der Waals surface area (Å²) in [6.45, 7) is 1.79. The molecule has 2 N–H and O–H groups in total. The van der Waals surface area contributed by atoms with Gasteiger partial charge in [-0.1, -0.05) is 36.4 Å². The van der Waals surface area contributed by atoms with Crippen LogP contribution in [0.3, 0.4) is 0 Å². The Morgan fingerprint density at radius 2 is 1.50 bits per heavy atom. The molecule has 7 heteroatoms.